The number of carbonyl (C=O) groups excluding carboxylic acids is 1. The summed E-state index contributed by atoms with van der Waals surface area (Å²) in [5.41, 5.74) is 0.409. The maximum Gasteiger partial charge on any atom is 0.362 e. The van der Waals surface area contributed by atoms with Crippen LogP contribution in [0, 0.1) is 0 Å². The van der Waals surface area contributed by atoms with Gasteiger partial charge in [0.25, 0.3) is 0 Å². The largest absolute Gasteiger partial charge is 0.461 e. The van der Waals surface area contributed by atoms with E-state index in [1.807, 2.05) is 0 Å². The predicted molar refractivity (Wildman–Crippen MR) is 59.0 cm³/mol. The normalized spacial score (nSPS) is 11.7. The smallest absolute Gasteiger partial charge is 0.362 e. The highest BCUT2D eigenvalue weighted by Gasteiger charge is 2.22. The monoisotopic (exact) mass is 234 g/mol. The molecule has 0 aliphatic rings. The number of hydrogen-bond donors (Lipinski definition) is 1. The third-order valence-corrected chi connectivity index (χ3v) is 2.17. The number of benzene rings is 1. The van der Waals surface area contributed by atoms with Crippen molar-refractivity contribution in [3.8, 4) is 0 Å². The number of aromatic nitrogens is 1. The molecule has 0 aliphatic heterocycles. The summed E-state index contributed by atoms with van der Waals surface area (Å²) in [7, 11) is 0. The molecule has 0 saturated heterocycles. The van der Waals surface area contributed by atoms with Crippen molar-refractivity contribution in [1.82, 2.24) is 5.16 Å². The van der Waals surface area contributed by atoms with Gasteiger partial charge in [0.05, 0.1) is 12.0 Å². The molecule has 1 aromatic heterocycles. The number of para-hydroxylation sites is 1. The van der Waals surface area contributed by atoms with Gasteiger partial charge in [-0.1, -0.05) is 22.4 Å². The second-order valence-electron chi connectivity index (χ2n) is 3.20. The summed E-state index contributed by atoms with van der Waals surface area (Å²) in [4.78, 5) is 11.5. The molecule has 1 N–H and O–H groups in total. The molecular formula is C11H10N2O4. The van der Waals surface area contributed by atoms with Crippen molar-refractivity contribution in [1.29, 1.82) is 0 Å². The first-order chi connectivity index (χ1) is 8.27. The number of fused-ring (bicyclic) bond motifs is 1. The van der Waals surface area contributed by atoms with Gasteiger partial charge in [0, 0.05) is 0 Å². The SMILES string of the molecule is CCOC(=O)/C(=N/O)c1noc2ccccc12. The van der Waals surface area contributed by atoms with Crippen LogP contribution in [0.25, 0.3) is 11.0 Å². The van der Waals surface area contributed by atoms with Gasteiger partial charge < -0.3 is 14.5 Å². The quantitative estimate of drug-likeness (QED) is 0.377. The Morgan fingerprint density at radius 1 is 1.53 bits per heavy atom. The Labute approximate surface area is 96.5 Å². The Bertz CT molecular complexity index is 574. The van der Waals surface area contributed by atoms with Gasteiger partial charge >= 0.3 is 5.97 Å². The van der Waals surface area contributed by atoms with E-state index in [1.54, 1.807) is 31.2 Å². The zero-order chi connectivity index (χ0) is 12.3. The number of ether oxygens (including phenoxy) is 1. The molecule has 6 heteroatoms. The van der Waals surface area contributed by atoms with E-state index in [4.69, 9.17) is 14.5 Å². The number of carbonyl (C=O) groups is 1. The van der Waals surface area contributed by atoms with E-state index in [0.29, 0.717) is 11.0 Å². The fourth-order valence-electron chi connectivity index (χ4n) is 1.44. The molecule has 0 unspecified atom stereocenters. The van der Waals surface area contributed by atoms with Crippen molar-refractivity contribution < 1.29 is 19.3 Å². The lowest BCUT2D eigenvalue weighted by Gasteiger charge is -2.00. The summed E-state index contributed by atoms with van der Waals surface area (Å²) >= 11 is 0. The fourth-order valence-corrected chi connectivity index (χ4v) is 1.44. The molecule has 0 amide bonds. The molecule has 0 saturated carbocycles. The van der Waals surface area contributed by atoms with Gasteiger partial charge in [-0.05, 0) is 19.1 Å². The number of oxime groups is 1. The number of hydrogen-bond acceptors (Lipinski definition) is 6. The van der Waals surface area contributed by atoms with Crippen LogP contribution in [0.3, 0.4) is 0 Å². The summed E-state index contributed by atoms with van der Waals surface area (Å²) in [6.07, 6.45) is 0. The van der Waals surface area contributed by atoms with E-state index in [-0.39, 0.29) is 18.0 Å². The minimum absolute atomic E-state index is 0.168. The van der Waals surface area contributed by atoms with Gasteiger partial charge in [0.15, 0.2) is 11.3 Å². The first-order valence-electron chi connectivity index (χ1n) is 5.02. The van der Waals surface area contributed by atoms with Crippen molar-refractivity contribution in [2.24, 2.45) is 5.16 Å². The van der Waals surface area contributed by atoms with Crippen molar-refractivity contribution in [3.05, 3.63) is 30.0 Å². The Morgan fingerprint density at radius 3 is 3.00 bits per heavy atom. The number of nitrogens with zero attached hydrogens (tertiary/aromatic N) is 2. The Kier molecular flexibility index (Phi) is 3.04. The van der Waals surface area contributed by atoms with Crippen molar-refractivity contribution >= 4 is 22.7 Å². The molecule has 0 radical (unpaired) electrons. The highest BCUT2D eigenvalue weighted by molar-refractivity contribution is 6.44. The Balaban J connectivity index is 2.48. The van der Waals surface area contributed by atoms with Crippen LogP contribution in [0.15, 0.2) is 33.9 Å². The van der Waals surface area contributed by atoms with Crippen molar-refractivity contribution in [2.45, 2.75) is 6.92 Å². The first-order valence-corrected chi connectivity index (χ1v) is 5.02. The molecule has 1 heterocycles. The maximum atomic E-state index is 11.5. The lowest BCUT2D eigenvalue weighted by molar-refractivity contribution is -0.135. The summed E-state index contributed by atoms with van der Waals surface area (Å²) < 4.78 is 9.77. The van der Waals surface area contributed by atoms with Gasteiger partial charge in [-0.3, -0.25) is 0 Å². The fraction of sp³-hybridized carbons (Fsp3) is 0.182. The summed E-state index contributed by atoms with van der Waals surface area (Å²) in [5.74, 6) is -0.742. The molecule has 88 valence electrons. The lowest BCUT2D eigenvalue weighted by atomic mass is 10.1. The number of esters is 1. The first kappa shape index (κ1) is 11.1. The van der Waals surface area contributed by atoms with Crippen molar-refractivity contribution in [2.75, 3.05) is 6.61 Å². The molecule has 0 bridgehead atoms. The van der Waals surface area contributed by atoms with Crippen LogP contribution in [0.2, 0.25) is 0 Å². The second kappa shape index (κ2) is 4.65. The van der Waals surface area contributed by atoms with E-state index in [0.717, 1.165) is 0 Å². The minimum atomic E-state index is -0.742. The van der Waals surface area contributed by atoms with Crippen LogP contribution in [-0.4, -0.2) is 28.7 Å². The standard InChI is InChI=1S/C11H10N2O4/c1-2-16-11(14)10(12-15)9-7-5-3-4-6-8(7)17-13-9/h3-6,15H,2H2,1H3/b12-10+. The topological polar surface area (TPSA) is 84.9 Å². The van der Waals surface area contributed by atoms with E-state index in [1.165, 1.54) is 0 Å². The molecule has 0 fully saturated rings. The van der Waals surface area contributed by atoms with Gasteiger partial charge in [-0.2, -0.15) is 0 Å². The van der Waals surface area contributed by atoms with Crippen LogP contribution in [0.4, 0.5) is 0 Å². The Hall–Kier alpha value is -2.37. The molecule has 2 aromatic rings. The molecule has 0 aliphatic carbocycles. The maximum absolute atomic E-state index is 11.5. The predicted octanol–water partition coefficient (Wildman–Crippen LogP) is 1.57. The van der Waals surface area contributed by atoms with E-state index in [9.17, 15) is 4.79 Å². The summed E-state index contributed by atoms with van der Waals surface area (Å²) in [6.45, 7) is 1.85. The summed E-state index contributed by atoms with van der Waals surface area (Å²) in [5, 5.41) is 16.1. The average Bonchev–Trinajstić information content (AvgIpc) is 2.75. The van der Waals surface area contributed by atoms with Crippen LogP contribution in [0.5, 0.6) is 0 Å². The third kappa shape index (κ3) is 1.96. The average molecular weight is 234 g/mol. The van der Waals surface area contributed by atoms with Crippen LogP contribution in [-0.2, 0) is 9.53 Å². The zero-order valence-corrected chi connectivity index (χ0v) is 9.08. The van der Waals surface area contributed by atoms with Gasteiger partial charge in [-0.15, -0.1) is 0 Å². The summed E-state index contributed by atoms with van der Waals surface area (Å²) in [6, 6.07) is 6.96. The van der Waals surface area contributed by atoms with Gasteiger partial charge in [0.2, 0.25) is 5.71 Å². The van der Waals surface area contributed by atoms with Crippen LogP contribution >= 0.6 is 0 Å². The molecule has 0 spiro atoms. The molecular weight excluding hydrogens is 224 g/mol. The van der Waals surface area contributed by atoms with Crippen molar-refractivity contribution in [3.63, 3.8) is 0 Å². The second-order valence-corrected chi connectivity index (χ2v) is 3.20. The lowest BCUT2D eigenvalue weighted by Crippen LogP contribution is -2.19. The minimum Gasteiger partial charge on any atom is -0.461 e. The van der Waals surface area contributed by atoms with Crippen LogP contribution in [0.1, 0.15) is 12.6 Å². The van der Waals surface area contributed by atoms with Gasteiger partial charge in [0.1, 0.15) is 0 Å². The molecule has 0 atom stereocenters. The van der Waals surface area contributed by atoms with Gasteiger partial charge in [-0.25, -0.2) is 4.79 Å². The molecule has 1 aromatic carbocycles. The highest BCUT2D eigenvalue weighted by atomic mass is 16.5. The molecule has 17 heavy (non-hydrogen) atoms. The third-order valence-electron chi connectivity index (χ3n) is 2.17. The van der Waals surface area contributed by atoms with E-state index >= 15 is 0 Å². The van der Waals surface area contributed by atoms with E-state index in [2.05, 4.69) is 10.3 Å². The Morgan fingerprint density at radius 2 is 2.29 bits per heavy atom. The highest BCUT2D eigenvalue weighted by Crippen LogP contribution is 2.18. The molecule has 6 nitrogen and oxygen atoms in total. The molecule has 2 rings (SSSR count). The number of rotatable bonds is 3. The van der Waals surface area contributed by atoms with Crippen LogP contribution < -0.4 is 0 Å². The van der Waals surface area contributed by atoms with E-state index < -0.39 is 5.97 Å². The zero-order valence-electron chi connectivity index (χ0n) is 9.08.